The molecule has 2 aromatic carbocycles. The Bertz CT molecular complexity index is 927. The van der Waals surface area contributed by atoms with Crippen LogP contribution in [0.15, 0.2) is 53.8 Å². The Morgan fingerprint density at radius 3 is 2.33 bits per heavy atom. The fraction of sp³-hybridized carbons (Fsp3) is 0.273. The van der Waals surface area contributed by atoms with E-state index in [2.05, 4.69) is 19.2 Å². The number of nitrogens with one attached hydrogen (secondary N) is 1. The highest BCUT2D eigenvalue weighted by atomic mass is 16.3. The van der Waals surface area contributed by atoms with E-state index in [4.69, 9.17) is 0 Å². The summed E-state index contributed by atoms with van der Waals surface area (Å²) in [5, 5.41) is 12.9. The highest BCUT2D eigenvalue weighted by molar-refractivity contribution is 6.29. The molecule has 0 unspecified atom stereocenters. The van der Waals surface area contributed by atoms with Crippen molar-refractivity contribution in [3.05, 3.63) is 70.5 Å². The highest BCUT2D eigenvalue weighted by Crippen LogP contribution is 2.27. The molecule has 0 aromatic heterocycles. The fourth-order valence-corrected chi connectivity index (χ4v) is 3.03. The summed E-state index contributed by atoms with van der Waals surface area (Å²) in [5.41, 5.74) is 4.36. The van der Waals surface area contributed by atoms with Crippen LogP contribution in [0.25, 0.3) is 0 Å². The summed E-state index contributed by atoms with van der Waals surface area (Å²) in [5.74, 6) is -0.910. The molecule has 140 valence electrons. The van der Waals surface area contributed by atoms with Gasteiger partial charge in [0, 0.05) is 11.4 Å². The Balaban J connectivity index is 1.77. The third-order valence-electron chi connectivity index (χ3n) is 4.92. The number of hydrogen-bond donors (Lipinski definition) is 2. The predicted octanol–water partition coefficient (Wildman–Crippen LogP) is 4.22. The number of rotatable bonds is 4. The number of aryl methyl sites for hydroxylation is 2. The summed E-state index contributed by atoms with van der Waals surface area (Å²) < 4.78 is 0. The molecule has 2 aromatic rings. The van der Waals surface area contributed by atoms with Gasteiger partial charge in [-0.3, -0.25) is 9.59 Å². The Labute approximate surface area is 159 Å². The van der Waals surface area contributed by atoms with E-state index >= 15 is 0 Å². The second-order valence-electron chi connectivity index (χ2n) is 7.21. The maximum Gasteiger partial charge on any atom is 0.267 e. The Morgan fingerprint density at radius 1 is 1.07 bits per heavy atom. The number of carbonyl (C=O) groups excluding carboxylic acids is 2. The zero-order valence-corrected chi connectivity index (χ0v) is 16.0. The Kier molecular flexibility index (Phi) is 5.04. The second kappa shape index (κ2) is 7.27. The molecule has 27 heavy (non-hydrogen) atoms. The molecule has 2 N–H and O–H groups in total. The molecule has 5 nitrogen and oxygen atoms in total. The number of aliphatic hydroxyl groups excluding tert-OH is 1. The summed E-state index contributed by atoms with van der Waals surface area (Å²) in [6.07, 6.45) is 0. The molecule has 0 saturated carbocycles. The van der Waals surface area contributed by atoms with Crippen molar-refractivity contribution in [3.63, 3.8) is 0 Å². The van der Waals surface area contributed by atoms with Gasteiger partial charge in [0.2, 0.25) is 0 Å². The van der Waals surface area contributed by atoms with E-state index in [0.29, 0.717) is 17.3 Å². The number of carbonyl (C=O) groups is 2. The van der Waals surface area contributed by atoms with E-state index in [1.54, 1.807) is 12.1 Å². The maximum absolute atomic E-state index is 12.7. The smallest absolute Gasteiger partial charge is 0.267 e. The third-order valence-corrected chi connectivity index (χ3v) is 4.92. The lowest BCUT2D eigenvalue weighted by Gasteiger charge is -2.17. The van der Waals surface area contributed by atoms with Gasteiger partial charge in [-0.1, -0.05) is 32.0 Å². The molecule has 0 atom stereocenters. The standard InChI is InChI=1S/C22H24N2O3/c1-13(2)16-6-8-17(9-7-16)23-21(26)20-19(25)12-24(22(20)27)18-10-5-14(3)15(4)11-18/h5-11,13,25H,12H2,1-4H3,(H,23,26). The van der Waals surface area contributed by atoms with E-state index < -0.39 is 11.8 Å². The molecule has 1 aliphatic heterocycles. The molecule has 0 saturated heterocycles. The van der Waals surface area contributed by atoms with Crippen LogP contribution in [-0.2, 0) is 9.59 Å². The number of benzene rings is 2. The summed E-state index contributed by atoms with van der Waals surface area (Å²) in [6.45, 7) is 8.13. The molecule has 0 aliphatic carbocycles. The third kappa shape index (κ3) is 3.72. The van der Waals surface area contributed by atoms with Gasteiger partial charge in [0.25, 0.3) is 11.8 Å². The van der Waals surface area contributed by atoms with Crippen molar-refractivity contribution in [2.24, 2.45) is 0 Å². The molecule has 3 rings (SSSR count). The minimum Gasteiger partial charge on any atom is -0.509 e. The van der Waals surface area contributed by atoms with Gasteiger partial charge in [0.05, 0.1) is 6.54 Å². The first-order chi connectivity index (χ1) is 12.8. The molecule has 0 spiro atoms. The maximum atomic E-state index is 12.7. The molecule has 0 radical (unpaired) electrons. The quantitative estimate of drug-likeness (QED) is 0.798. The number of hydrogen-bond acceptors (Lipinski definition) is 3. The van der Waals surface area contributed by atoms with Gasteiger partial charge >= 0.3 is 0 Å². The van der Waals surface area contributed by atoms with Crippen LogP contribution >= 0.6 is 0 Å². The second-order valence-corrected chi connectivity index (χ2v) is 7.21. The molecule has 1 aliphatic rings. The van der Waals surface area contributed by atoms with Crippen LogP contribution in [0.3, 0.4) is 0 Å². The minimum atomic E-state index is -0.596. The highest BCUT2D eigenvalue weighted by Gasteiger charge is 2.36. The van der Waals surface area contributed by atoms with Crippen molar-refractivity contribution in [2.75, 3.05) is 16.8 Å². The van der Waals surface area contributed by atoms with Crippen LogP contribution in [0.1, 0.15) is 36.5 Å². The summed E-state index contributed by atoms with van der Waals surface area (Å²) >= 11 is 0. The van der Waals surface area contributed by atoms with Crippen LogP contribution in [0.4, 0.5) is 11.4 Å². The average molecular weight is 364 g/mol. The largest absolute Gasteiger partial charge is 0.509 e. The van der Waals surface area contributed by atoms with Gasteiger partial charge in [-0.05, 0) is 60.7 Å². The van der Waals surface area contributed by atoms with Crippen molar-refractivity contribution in [1.29, 1.82) is 0 Å². The van der Waals surface area contributed by atoms with Gasteiger partial charge < -0.3 is 15.3 Å². The van der Waals surface area contributed by atoms with Crippen molar-refractivity contribution < 1.29 is 14.7 Å². The lowest BCUT2D eigenvalue weighted by atomic mass is 10.0. The van der Waals surface area contributed by atoms with Gasteiger partial charge in [-0.2, -0.15) is 0 Å². The first-order valence-corrected chi connectivity index (χ1v) is 9.00. The van der Waals surface area contributed by atoms with Crippen LogP contribution in [0.2, 0.25) is 0 Å². The van der Waals surface area contributed by atoms with Crippen LogP contribution in [0.5, 0.6) is 0 Å². The fourth-order valence-electron chi connectivity index (χ4n) is 3.03. The number of anilines is 2. The number of nitrogens with zero attached hydrogens (tertiary/aromatic N) is 1. The predicted molar refractivity (Wildman–Crippen MR) is 107 cm³/mol. The van der Waals surface area contributed by atoms with Crippen LogP contribution in [0, 0.1) is 13.8 Å². The average Bonchev–Trinajstić information content (AvgIpc) is 2.92. The molecule has 0 bridgehead atoms. The molecular weight excluding hydrogens is 340 g/mol. The first-order valence-electron chi connectivity index (χ1n) is 9.00. The van der Waals surface area contributed by atoms with Crippen LogP contribution < -0.4 is 10.2 Å². The monoisotopic (exact) mass is 364 g/mol. The zero-order chi connectivity index (χ0) is 19.7. The molecule has 5 heteroatoms. The van der Waals surface area contributed by atoms with Crippen molar-refractivity contribution in [3.8, 4) is 0 Å². The lowest BCUT2D eigenvalue weighted by molar-refractivity contribution is -0.119. The zero-order valence-electron chi connectivity index (χ0n) is 16.0. The normalized spacial score (nSPS) is 14.3. The molecule has 2 amide bonds. The molecule has 1 heterocycles. The molecular formula is C22H24N2O3. The number of aliphatic hydroxyl groups is 1. The summed E-state index contributed by atoms with van der Waals surface area (Å²) in [6, 6.07) is 13.1. The van der Waals surface area contributed by atoms with Crippen LogP contribution in [-0.4, -0.2) is 23.5 Å². The van der Waals surface area contributed by atoms with Gasteiger partial charge in [-0.15, -0.1) is 0 Å². The SMILES string of the molecule is Cc1ccc(N2CC(O)=C(C(=O)Nc3ccc(C(C)C)cc3)C2=O)cc1C. The van der Waals surface area contributed by atoms with E-state index in [1.807, 2.05) is 44.2 Å². The summed E-state index contributed by atoms with van der Waals surface area (Å²) in [4.78, 5) is 26.7. The van der Waals surface area contributed by atoms with Crippen molar-refractivity contribution >= 4 is 23.2 Å². The molecule has 0 fully saturated rings. The van der Waals surface area contributed by atoms with Gasteiger partial charge in [0.1, 0.15) is 11.3 Å². The Morgan fingerprint density at radius 2 is 1.74 bits per heavy atom. The van der Waals surface area contributed by atoms with Crippen molar-refractivity contribution in [1.82, 2.24) is 0 Å². The topological polar surface area (TPSA) is 69.6 Å². The van der Waals surface area contributed by atoms with E-state index in [-0.39, 0.29) is 17.9 Å². The minimum absolute atomic E-state index is 0.00360. The first kappa shape index (κ1) is 18.7. The summed E-state index contributed by atoms with van der Waals surface area (Å²) in [7, 11) is 0. The van der Waals surface area contributed by atoms with Crippen molar-refractivity contribution in [2.45, 2.75) is 33.6 Å². The van der Waals surface area contributed by atoms with Gasteiger partial charge in [-0.25, -0.2) is 0 Å². The van der Waals surface area contributed by atoms with Gasteiger partial charge in [0.15, 0.2) is 0 Å². The Hall–Kier alpha value is -3.08. The number of amides is 2. The lowest BCUT2D eigenvalue weighted by Crippen LogP contribution is -2.30. The van der Waals surface area contributed by atoms with E-state index in [0.717, 1.165) is 16.7 Å². The van der Waals surface area contributed by atoms with E-state index in [1.165, 1.54) is 4.90 Å². The van der Waals surface area contributed by atoms with E-state index in [9.17, 15) is 14.7 Å².